The van der Waals surface area contributed by atoms with Gasteiger partial charge in [0.1, 0.15) is 0 Å². The van der Waals surface area contributed by atoms with Crippen molar-refractivity contribution in [2.24, 2.45) is 0 Å². The summed E-state index contributed by atoms with van der Waals surface area (Å²) in [5, 5.41) is 3.11. The Morgan fingerprint density at radius 3 is 2.57 bits per heavy atom. The lowest BCUT2D eigenvalue weighted by molar-refractivity contribution is -0.122. The molecule has 0 bridgehead atoms. The maximum atomic E-state index is 12.3. The lowest BCUT2D eigenvalue weighted by atomic mass is 10.1. The quantitative estimate of drug-likeness (QED) is 0.802. The molecule has 2 aromatic rings. The molecule has 3 rings (SSSR count). The summed E-state index contributed by atoms with van der Waals surface area (Å²) >= 11 is 0. The van der Waals surface area contributed by atoms with Gasteiger partial charge in [-0.05, 0) is 50.6 Å². The van der Waals surface area contributed by atoms with Crippen LogP contribution in [0.5, 0.6) is 0 Å². The molecule has 0 unspecified atom stereocenters. The number of anilines is 1. The van der Waals surface area contributed by atoms with Crippen molar-refractivity contribution in [1.29, 1.82) is 0 Å². The summed E-state index contributed by atoms with van der Waals surface area (Å²) in [5.41, 5.74) is 4.64. The topological polar surface area (TPSA) is 48.5 Å². The standard InChI is InChI=1S/C23H32N4O/c1-18-6-4-9-22(16-18)27-14-12-26(13-15-27)11-10-23(28)25-20(3)17-21-8-5-7-19(2)24-21/h4-9,16,20H,10-15,17H2,1-3H3,(H,25,28)/t20-/m0/s1. The fourth-order valence-corrected chi connectivity index (χ4v) is 3.74. The molecule has 1 amide bonds. The number of pyridine rings is 1. The minimum Gasteiger partial charge on any atom is -0.369 e. The Morgan fingerprint density at radius 2 is 1.86 bits per heavy atom. The third kappa shape index (κ3) is 6.06. The van der Waals surface area contributed by atoms with Gasteiger partial charge in [-0.25, -0.2) is 0 Å². The second kappa shape index (κ2) is 9.69. The van der Waals surface area contributed by atoms with Gasteiger partial charge in [-0.1, -0.05) is 18.2 Å². The van der Waals surface area contributed by atoms with Crippen LogP contribution >= 0.6 is 0 Å². The number of carbonyl (C=O) groups excluding carboxylic acids is 1. The van der Waals surface area contributed by atoms with E-state index in [1.807, 2.05) is 32.0 Å². The van der Waals surface area contributed by atoms with Crippen molar-refractivity contribution in [3.8, 4) is 0 Å². The van der Waals surface area contributed by atoms with E-state index < -0.39 is 0 Å². The highest BCUT2D eigenvalue weighted by Gasteiger charge is 2.18. The third-order valence-electron chi connectivity index (χ3n) is 5.26. The van der Waals surface area contributed by atoms with Gasteiger partial charge in [-0.3, -0.25) is 14.7 Å². The van der Waals surface area contributed by atoms with E-state index in [2.05, 4.69) is 51.3 Å². The molecule has 28 heavy (non-hydrogen) atoms. The molecule has 1 aliphatic heterocycles. The first-order chi connectivity index (χ1) is 13.5. The van der Waals surface area contributed by atoms with Crippen molar-refractivity contribution in [1.82, 2.24) is 15.2 Å². The zero-order chi connectivity index (χ0) is 19.9. The molecule has 2 heterocycles. The largest absolute Gasteiger partial charge is 0.369 e. The monoisotopic (exact) mass is 380 g/mol. The van der Waals surface area contributed by atoms with E-state index in [9.17, 15) is 4.79 Å². The number of nitrogens with zero attached hydrogens (tertiary/aromatic N) is 3. The van der Waals surface area contributed by atoms with Crippen molar-refractivity contribution in [2.75, 3.05) is 37.6 Å². The molecular weight excluding hydrogens is 348 g/mol. The van der Waals surface area contributed by atoms with Crippen LogP contribution in [0.4, 0.5) is 5.69 Å². The zero-order valence-electron chi connectivity index (χ0n) is 17.3. The number of rotatable bonds is 7. The summed E-state index contributed by atoms with van der Waals surface area (Å²) in [4.78, 5) is 21.6. The normalized spacial score (nSPS) is 16.0. The number of benzene rings is 1. The van der Waals surface area contributed by atoms with Gasteiger partial charge >= 0.3 is 0 Å². The predicted molar refractivity (Wildman–Crippen MR) is 115 cm³/mol. The highest BCUT2D eigenvalue weighted by Crippen LogP contribution is 2.17. The molecule has 1 saturated heterocycles. The maximum Gasteiger partial charge on any atom is 0.221 e. The van der Waals surface area contributed by atoms with Gasteiger partial charge in [-0.2, -0.15) is 0 Å². The van der Waals surface area contributed by atoms with E-state index >= 15 is 0 Å². The van der Waals surface area contributed by atoms with E-state index in [-0.39, 0.29) is 11.9 Å². The Kier molecular flexibility index (Phi) is 7.04. The van der Waals surface area contributed by atoms with Crippen LogP contribution in [0.15, 0.2) is 42.5 Å². The highest BCUT2D eigenvalue weighted by atomic mass is 16.1. The fraction of sp³-hybridized carbons (Fsp3) is 0.478. The molecule has 150 valence electrons. The number of aryl methyl sites for hydroxylation is 2. The molecule has 1 aliphatic rings. The van der Waals surface area contributed by atoms with Crippen molar-refractivity contribution in [3.63, 3.8) is 0 Å². The second-order valence-electron chi connectivity index (χ2n) is 7.86. The van der Waals surface area contributed by atoms with Crippen molar-refractivity contribution in [3.05, 3.63) is 59.4 Å². The Morgan fingerprint density at radius 1 is 1.11 bits per heavy atom. The Hall–Kier alpha value is -2.40. The van der Waals surface area contributed by atoms with Gasteiger partial charge in [0.25, 0.3) is 0 Å². The van der Waals surface area contributed by atoms with Gasteiger partial charge in [0.2, 0.25) is 5.91 Å². The van der Waals surface area contributed by atoms with E-state index in [0.29, 0.717) is 6.42 Å². The number of hydrogen-bond acceptors (Lipinski definition) is 4. The SMILES string of the molecule is Cc1cccc(N2CCN(CCC(=O)N[C@@H](C)Cc3cccc(C)n3)CC2)c1. The van der Waals surface area contributed by atoms with Crippen LogP contribution in [0.25, 0.3) is 0 Å². The van der Waals surface area contributed by atoms with Crippen LogP contribution in [0, 0.1) is 13.8 Å². The summed E-state index contributed by atoms with van der Waals surface area (Å²) in [6.07, 6.45) is 1.32. The highest BCUT2D eigenvalue weighted by molar-refractivity contribution is 5.76. The molecule has 1 aromatic heterocycles. The average molecular weight is 381 g/mol. The van der Waals surface area contributed by atoms with E-state index in [1.54, 1.807) is 0 Å². The molecule has 0 aliphatic carbocycles. The maximum absolute atomic E-state index is 12.3. The van der Waals surface area contributed by atoms with E-state index in [1.165, 1.54) is 11.3 Å². The summed E-state index contributed by atoms with van der Waals surface area (Å²) in [6, 6.07) is 14.8. The van der Waals surface area contributed by atoms with Crippen LogP contribution in [-0.4, -0.2) is 54.6 Å². The molecule has 1 aromatic carbocycles. The van der Waals surface area contributed by atoms with Gasteiger partial charge in [0.15, 0.2) is 0 Å². The smallest absolute Gasteiger partial charge is 0.221 e. The van der Waals surface area contributed by atoms with E-state index in [0.717, 1.165) is 50.5 Å². The molecule has 1 N–H and O–H groups in total. The van der Waals surface area contributed by atoms with Crippen molar-refractivity contribution in [2.45, 2.75) is 39.7 Å². The van der Waals surface area contributed by atoms with Crippen LogP contribution in [0.2, 0.25) is 0 Å². The first kappa shape index (κ1) is 20.3. The lowest BCUT2D eigenvalue weighted by Crippen LogP contribution is -2.47. The number of hydrogen-bond donors (Lipinski definition) is 1. The number of carbonyl (C=O) groups is 1. The Bertz CT molecular complexity index is 784. The molecule has 0 spiro atoms. The third-order valence-corrected chi connectivity index (χ3v) is 5.26. The van der Waals surface area contributed by atoms with Crippen LogP contribution in [-0.2, 0) is 11.2 Å². The molecule has 5 heteroatoms. The molecule has 1 atom stereocenters. The molecule has 0 radical (unpaired) electrons. The van der Waals surface area contributed by atoms with E-state index in [4.69, 9.17) is 0 Å². The van der Waals surface area contributed by atoms with Crippen molar-refractivity contribution < 1.29 is 4.79 Å². The lowest BCUT2D eigenvalue weighted by Gasteiger charge is -2.36. The fourth-order valence-electron chi connectivity index (χ4n) is 3.74. The molecule has 1 fully saturated rings. The zero-order valence-corrected chi connectivity index (χ0v) is 17.3. The van der Waals surface area contributed by atoms with Crippen LogP contribution in [0.1, 0.15) is 30.3 Å². The average Bonchev–Trinajstić information content (AvgIpc) is 2.67. The molecule has 5 nitrogen and oxygen atoms in total. The predicted octanol–water partition coefficient (Wildman–Crippen LogP) is 2.96. The number of aromatic nitrogens is 1. The van der Waals surface area contributed by atoms with Gasteiger partial charge in [0.05, 0.1) is 0 Å². The van der Waals surface area contributed by atoms with Gasteiger partial charge in [-0.15, -0.1) is 0 Å². The van der Waals surface area contributed by atoms with Gasteiger partial charge in [0, 0.05) is 68.7 Å². The van der Waals surface area contributed by atoms with Crippen LogP contribution in [0.3, 0.4) is 0 Å². The molecule has 0 saturated carbocycles. The Balaban J connectivity index is 1.37. The second-order valence-corrected chi connectivity index (χ2v) is 7.86. The summed E-state index contributed by atoms with van der Waals surface area (Å²) in [6.45, 7) is 11.0. The minimum absolute atomic E-state index is 0.0972. The summed E-state index contributed by atoms with van der Waals surface area (Å²) < 4.78 is 0. The first-order valence-electron chi connectivity index (χ1n) is 10.3. The number of amides is 1. The van der Waals surface area contributed by atoms with Crippen LogP contribution < -0.4 is 10.2 Å². The molecular formula is C23H32N4O. The summed E-state index contributed by atoms with van der Waals surface area (Å²) in [5.74, 6) is 0.126. The Labute approximate surface area is 168 Å². The van der Waals surface area contributed by atoms with Crippen molar-refractivity contribution >= 4 is 11.6 Å². The number of piperazine rings is 1. The minimum atomic E-state index is 0.0972. The summed E-state index contributed by atoms with van der Waals surface area (Å²) in [7, 11) is 0. The number of nitrogens with one attached hydrogen (secondary N) is 1. The van der Waals surface area contributed by atoms with Gasteiger partial charge < -0.3 is 10.2 Å². The first-order valence-corrected chi connectivity index (χ1v) is 10.3.